The van der Waals surface area contributed by atoms with Crippen LogP contribution in [0, 0.1) is 5.92 Å². The fraction of sp³-hybridized carbons (Fsp3) is 0.579. The van der Waals surface area contributed by atoms with Crippen molar-refractivity contribution in [2.45, 2.75) is 64.6 Å². The average Bonchev–Trinajstić information content (AvgIpc) is 2.61. The average molecular weight is 351 g/mol. The van der Waals surface area contributed by atoms with Crippen molar-refractivity contribution in [2.75, 3.05) is 0 Å². The van der Waals surface area contributed by atoms with Gasteiger partial charge in [-0.15, -0.1) is 0 Å². The molecule has 0 radical (unpaired) electrons. The number of ether oxygens (including phenoxy) is 1. The minimum Gasteiger partial charge on any atom is -0.468 e. The van der Waals surface area contributed by atoms with Gasteiger partial charge >= 0.3 is 0 Å². The number of ketones is 1. The molecule has 0 bridgehead atoms. The third-order valence-corrected chi connectivity index (χ3v) is 5.34. The summed E-state index contributed by atoms with van der Waals surface area (Å²) in [6.45, 7) is 8.04. The van der Waals surface area contributed by atoms with Gasteiger partial charge in [0.1, 0.15) is 0 Å². The van der Waals surface area contributed by atoms with Crippen LogP contribution in [-0.4, -0.2) is 23.8 Å². The lowest BCUT2D eigenvalue weighted by Crippen LogP contribution is -2.52. The Labute approximate surface area is 149 Å². The molecule has 0 saturated heterocycles. The Morgan fingerprint density at radius 1 is 1.33 bits per heavy atom. The van der Waals surface area contributed by atoms with Gasteiger partial charge in [0.05, 0.1) is 6.04 Å². The fourth-order valence-electron chi connectivity index (χ4n) is 3.09. The monoisotopic (exact) mass is 350 g/mol. The molecule has 24 heavy (non-hydrogen) atoms. The molecule has 4 unspecified atom stereocenters. The Bertz CT molecular complexity index is 632. The van der Waals surface area contributed by atoms with Gasteiger partial charge in [-0.05, 0) is 24.8 Å². The van der Waals surface area contributed by atoms with Gasteiger partial charge in [0, 0.05) is 10.6 Å². The van der Waals surface area contributed by atoms with E-state index in [0.717, 1.165) is 12.0 Å². The van der Waals surface area contributed by atoms with Crippen LogP contribution in [0.15, 0.2) is 29.3 Å². The molecule has 0 aliphatic carbocycles. The third-order valence-electron chi connectivity index (χ3n) is 5.01. The van der Waals surface area contributed by atoms with Crippen molar-refractivity contribution >= 4 is 23.3 Å². The highest BCUT2D eigenvalue weighted by atomic mass is 35.5. The Morgan fingerprint density at radius 2 is 2.00 bits per heavy atom. The summed E-state index contributed by atoms with van der Waals surface area (Å²) in [5.41, 5.74) is 6.07. The predicted molar refractivity (Wildman–Crippen MR) is 98.5 cm³/mol. The van der Waals surface area contributed by atoms with Crippen LogP contribution in [0.5, 0.6) is 0 Å². The number of carbonyl (C=O) groups excluding carboxylic acids is 1. The summed E-state index contributed by atoms with van der Waals surface area (Å²) in [5, 5.41) is 0.546. The van der Waals surface area contributed by atoms with Gasteiger partial charge in [-0.2, -0.15) is 0 Å². The largest absolute Gasteiger partial charge is 0.468 e. The minimum absolute atomic E-state index is 0.0410. The van der Waals surface area contributed by atoms with E-state index in [9.17, 15) is 4.79 Å². The van der Waals surface area contributed by atoms with Crippen LogP contribution in [0.1, 0.15) is 52.5 Å². The second-order valence-corrected chi connectivity index (χ2v) is 6.84. The third kappa shape index (κ3) is 3.22. The van der Waals surface area contributed by atoms with E-state index in [1.807, 2.05) is 32.0 Å². The van der Waals surface area contributed by atoms with E-state index in [1.165, 1.54) is 0 Å². The highest BCUT2D eigenvalue weighted by Crippen LogP contribution is 2.40. The smallest absolute Gasteiger partial charge is 0.205 e. The van der Waals surface area contributed by atoms with Gasteiger partial charge in [0.15, 0.2) is 11.6 Å². The number of hydrogen-bond acceptors (Lipinski definition) is 4. The first-order valence-electron chi connectivity index (χ1n) is 8.72. The molecule has 4 nitrogen and oxygen atoms in total. The fourth-order valence-corrected chi connectivity index (χ4v) is 3.38. The maximum atomic E-state index is 13.1. The summed E-state index contributed by atoms with van der Waals surface area (Å²) in [6, 6.07) is 7.07. The minimum atomic E-state index is -1.02. The topological polar surface area (TPSA) is 64.7 Å². The zero-order valence-corrected chi connectivity index (χ0v) is 15.6. The molecule has 4 atom stereocenters. The van der Waals surface area contributed by atoms with E-state index in [0.29, 0.717) is 23.8 Å². The number of aliphatic imine (C=N–C) groups is 1. The van der Waals surface area contributed by atoms with Crippen molar-refractivity contribution in [3.63, 3.8) is 0 Å². The molecular weight excluding hydrogens is 324 g/mol. The van der Waals surface area contributed by atoms with Crippen LogP contribution in [0.4, 0.5) is 0 Å². The van der Waals surface area contributed by atoms with Gasteiger partial charge in [-0.3, -0.25) is 4.79 Å². The van der Waals surface area contributed by atoms with Crippen molar-refractivity contribution in [1.29, 1.82) is 0 Å². The van der Waals surface area contributed by atoms with Crippen LogP contribution < -0.4 is 5.73 Å². The van der Waals surface area contributed by atoms with Gasteiger partial charge in [-0.25, -0.2) is 4.99 Å². The van der Waals surface area contributed by atoms with Gasteiger partial charge in [0.25, 0.3) is 0 Å². The van der Waals surface area contributed by atoms with Crippen LogP contribution in [-0.2, 0) is 15.1 Å². The van der Waals surface area contributed by atoms with Gasteiger partial charge in [0.2, 0.25) is 11.7 Å². The van der Waals surface area contributed by atoms with E-state index in [2.05, 4.69) is 13.8 Å². The number of hydrogen-bond donors (Lipinski definition) is 1. The number of carbonyl (C=O) groups is 1. The number of halogens is 1. The zero-order valence-electron chi connectivity index (χ0n) is 14.9. The van der Waals surface area contributed by atoms with Crippen LogP contribution in [0.25, 0.3) is 0 Å². The first kappa shape index (κ1) is 18.9. The molecule has 0 aromatic heterocycles. The van der Waals surface area contributed by atoms with E-state index >= 15 is 0 Å². The lowest BCUT2D eigenvalue weighted by Gasteiger charge is -2.38. The molecule has 1 aromatic rings. The summed E-state index contributed by atoms with van der Waals surface area (Å²) in [5.74, 6) is 0.647. The molecule has 1 aromatic carbocycles. The van der Waals surface area contributed by atoms with Crippen molar-refractivity contribution in [3.8, 4) is 0 Å². The lowest BCUT2D eigenvalue weighted by molar-refractivity contribution is -0.134. The van der Waals surface area contributed by atoms with E-state index in [4.69, 9.17) is 27.1 Å². The Kier molecular flexibility index (Phi) is 6.05. The van der Waals surface area contributed by atoms with Crippen molar-refractivity contribution in [3.05, 3.63) is 34.9 Å². The standard InChI is InChI=1S/C19H27ClN2O2/c1-5-12(4)16(21)18-22-19(7-3,17(23)15(6-2)24-18)13-10-8-9-11-14(13)20/h8-12,15-16H,5-7,21H2,1-4H3. The molecule has 0 amide bonds. The van der Waals surface area contributed by atoms with Crippen LogP contribution >= 0.6 is 11.6 Å². The molecule has 0 spiro atoms. The van der Waals surface area contributed by atoms with Crippen LogP contribution in [0.2, 0.25) is 5.02 Å². The summed E-state index contributed by atoms with van der Waals surface area (Å²) in [7, 11) is 0. The lowest BCUT2D eigenvalue weighted by atomic mass is 9.79. The molecule has 0 fully saturated rings. The normalized spacial score (nSPS) is 26.5. The summed E-state index contributed by atoms with van der Waals surface area (Å²) >= 11 is 6.41. The van der Waals surface area contributed by atoms with Gasteiger partial charge in [-0.1, -0.05) is 63.9 Å². The number of nitrogens with two attached hydrogens (primary N) is 1. The van der Waals surface area contributed by atoms with Crippen molar-refractivity contribution in [1.82, 2.24) is 0 Å². The molecule has 0 saturated carbocycles. The highest BCUT2D eigenvalue weighted by Gasteiger charge is 2.48. The van der Waals surface area contributed by atoms with Crippen molar-refractivity contribution in [2.24, 2.45) is 16.6 Å². The first-order valence-corrected chi connectivity index (χ1v) is 9.10. The first-order chi connectivity index (χ1) is 11.4. The van der Waals surface area contributed by atoms with Gasteiger partial charge < -0.3 is 10.5 Å². The Morgan fingerprint density at radius 3 is 2.54 bits per heavy atom. The van der Waals surface area contributed by atoms with Crippen molar-refractivity contribution < 1.29 is 9.53 Å². The molecule has 1 heterocycles. The highest BCUT2D eigenvalue weighted by molar-refractivity contribution is 6.32. The van der Waals surface area contributed by atoms with E-state index in [1.54, 1.807) is 6.07 Å². The molecule has 1 aliphatic heterocycles. The van der Waals surface area contributed by atoms with E-state index < -0.39 is 11.6 Å². The molecule has 132 valence electrons. The Balaban J connectivity index is 2.62. The molecule has 5 heteroatoms. The summed E-state index contributed by atoms with van der Waals surface area (Å²) in [6.07, 6.45) is 1.48. The maximum absolute atomic E-state index is 13.1. The Hall–Kier alpha value is -1.39. The SMILES string of the molecule is CCC1OC(C(N)C(C)CC)=NC(CC)(c2ccccc2Cl)C1=O. The maximum Gasteiger partial charge on any atom is 0.205 e. The molecule has 2 N–H and O–H groups in total. The molecular formula is C19H27ClN2O2. The summed E-state index contributed by atoms with van der Waals surface area (Å²) in [4.78, 5) is 17.9. The summed E-state index contributed by atoms with van der Waals surface area (Å²) < 4.78 is 5.88. The van der Waals surface area contributed by atoms with E-state index in [-0.39, 0.29) is 17.7 Å². The quantitative estimate of drug-likeness (QED) is 0.840. The predicted octanol–water partition coefficient (Wildman–Crippen LogP) is 4.10. The number of rotatable bonds is 6. The number of benzene rings is 1. The number of nitrogens with zero attached hydrogens (tertiary/aromatic N) is 1. The zero-order chi connectivity index (χ0) is 17.9. The second kappa shape index (κ2) is 7.66. The molecule has 1 aliphatic rings. The molecule has 2 rings (SSSR count). The van der Waals surface area contributed by atoms with Crippen LogP contribution in [0.3, 0.4) is 0 Å². The number of Topliss-reactive ketones (excluding diaryl/α,β-unsaturated/α-hetero) is 1. The second-order valence-electron chi connectivity index (χ2n) is 6.43.